The highest BCUT2D eigenvalue weighted by atomic mass is 16.6. The van der Waals surface area contributed by atoms with Crippen molar-refractivity contribution in [1.82, 2.24) is 0 Å². The lowest BCUT2D eigenvalue weighted by Gasteiger charge is -2.27. The summed E-state index contributed by atoms with van der Waals surface area (Å²) in [5.41, 5.74) is 3.01. The van der Waals surface area contributed by atoms with Gasteiger partial charge < -0.3 is 4.90 Å². The van der Waals surface area contributed by atoms with E-state index in [2.05, 4.69) is 4.99 Å². The van der Waals surface area contributed by atoms with E-state index in [1.54, 1.807) is 17.0 Å². The summed E-state index contributed by atoms with van der Waals surface area (Å²) in [5, 5.41) is 10.7. The predicted molar refractivity (Wildman–Crippen MR) is 83.8 cm³/mol. The van der Waals surface area contributed by atoms with Crippen LogP contribution in [0.15, 0.2) is 53.5 Å². The van der Waals surface area contributed by atoms with E-state index < -0.39 is 4.92 Å². The third kappa shape index (κ3) is 2.46. The second-order valence-corrected chi connectivity index (χ2v) is 4.96. The molecule has 0 aliphatic carbocycles. The molecule has 6 heteroatoms. The first-order valence-electron chi connectivity index (χ1n) is 6.76. The molecule has 2 aromatic rings. The molecule has 6 nitrogen and oxygen atoms in total. The first-order chi connectivity index (χ1) is 10.6. The zero-order valence-corrected chi connectivity index (χ0v) is 11.9. The molecular formula is C16H13N3O3. The molecule has 2 aromatic carbocycles. The van der Waals surface area contributed by atoms with Gasteiger partial charge in [0.25, 0.3) is 5.69 Å². The first-order valence-corrected chi connectivity index (χ1v) is 6.76. The van der Waals surface area contributed by atoms with Gasteiger partial charge in [0, 0.05) is 19.1 Å². The van der Waals surface area contributed by atoms with Gasteiger partial charge in [-0.1, -0.05) is 12.1 Å². The van der Waals surface area contributed by atoms with Crippen LogP contribution in [0.5, 0.6) is 0 Å². The number of nitrogens with zero attached hydrogens (tertiary/aromatic N) is 3. The summed E-state index contributed by atoms with van der Waals surface area (Å²) in [5.74, 6) is -0.0678. The van der Waals surface area contributed by atoms with Crippen LogP contribution in [0.2, 0.25) is 0 Å². The number of carbonyl (C=O) groups is 1. The van der Waals surface area contributed by atoms with Crippen LogP contribution < -0.4 is 4.90 Å². The Morgan fingerprint density at radius 2 is 1.86 bits per heavy atom. The third-order valence-electron chi connectivity index (χ3n) is 3.53. The lowest BCUT2D eigenvalue weighted by molar-refractivity contribution is -0.384. The molecule has 0 saturated heterocycles. The molecule has 0 radical (unpaired) electrons. The van der Waals surface area contributed by atoms with Crippen molar-refractivity contribution >= 4 is 28.7 Å². The van der Waals surface area contributed by atoms with E-state index >= 15 is 0 Å². The minimum Gasteiger partial charge on any atom is -0.305 e. The molecule has 0 bridgehead atoms. The Kier molecular flexibility index (Phi) is 3.42. The molecule has 0 aromatic heterocycles. The highest BCUT2D eigenvalue weighted by Gasteiger charge is 2.23. The van der Waals surface area contributed by atoms with Crippen LogP contribution in [-0.2, 0) is 4.79 Å². The normalized spacial score (nSPS) is 13.3. The topological polar surface area (TPSA) is 75.8 Å². The number of non-ortho nitro benzene ring substituents is 1. The highest BCUT2D eigenvalue weighted by molar-refractivity contribution is 6.12. The summed E-state index contributed by atoms with van der Waals surface area (Å²) in [4.78, 5) is 28.4. The number of rotatable bonds is 2. The average Bonchev–Trinajstić information content (AvgIpc) is 2.53. The van der Waals surface area contributed by atoms with Crippen LogP contribution in [0, 0.1) is 10.1 Å². The van der Waals surface area contributed by atoms with E-state index in [1.165, 1.54) is 19.1 Å². The zero-order valence-electron chi connectivity index (χ0n) is 11.9. The average molecular weight is 295 g/mol. The summed E-state index contributed by atoms with van der Waals surface area (Å²) in [6.07, 6.45) is 0. The molecule has 0 fully saturated rings. The van der Waals surface area contributed by atoms with Crippen molar-refractivity contribution in [2.75, 3.05) is 11.4 Å². The van der Waals surface area contributed by atoms with Crippen LogP contribution in [0.4, 0.5) is 17.1 Å². The Balaban J connectivity index is 2.03. The first kappa shape index (κ1) is 13.9. The molecule has 0 spiro atoms. The molecule has 1 amide bonds. The zero-order chi connectivity index (χ0) is 15.7. The molecule has 0 unspecified atom stereocenters. The van der Waals surface area contributed by atoms with E-state index in [0.717, 1.165) is 16.9 Å². The van der Waals surface area contributed by atoms with E-state index in [0.29, 0.717) is 12.3 Å². The van der Waals surface area contributed by atoms with Crippen molar-refractivity contribution in [3.8, 4) is 0 Å². The maximum absolute atomic E-state index is 11.9. The van der Waals surface area contributed by atoms with Crippen LogP contribution in [-0.4, -0.2) is 23.1 Å². The second kappa shape index (κ2) is 5.40. The minimum atomic E-state index is -0.441. The van der Waals surface area contributed by atoms with E-state index in [9.17, 15) is 14.9 Å². The number of amides is 1. The largest absolute Gasteiger partial charge is 0.305 e. The molecular weight excluding hydrogens is 282 g/mol. The van der Waals surface area contributed by atoms with Gasteiger partial charge in [-0.15, -0.1) is 0 Å². The Morgan fingerprint density at radius 3 is 2.50 bits per heavy atom. The van der Waals surface area contributed by atoms with Gasteiger partial charge in [0.05, 0.1) is 28.6 Å². The molecule has 0 saturated carbocycles. The minimum absolute atomic E-state index is 0.0315. The lowest BCUT2D eigenvalue weighted by atomic mass is 10.1. The number of hydrogen-bond donors (Lipinski definition) is 0. The van der Waals surface area contributed by atoms with Crippen LogP contribution >= 0.6 is 0 Å². The Morgan fingerprint density at radius 1 is 1.18 bits per heavy atom. The third-order valence-corrected chi connectivity index (χ3v) is 3.53. The van der Waals surface area contributed by atoms with E-state index in [1.807, 2.05) is 24.3 Å². The highest BCUT2D eigenvalue weighted by Crippen LogP contribution is 2.33. The number of nitro benzene ring substituents is 1. The quantitative estimate of drug-likeness (QED) is 0.631. The predicted octanol–water partition coefficient (Wildman–Crippen LogP) is 3.08. The molecule has 1 aliphatic heterocycles. The van der Waals surface area contributed by atoms with Gasteiger partial charge in [0.2, 0.25) is 5.91 Å². The summed E-state index contributed by atoms with van der Waals surface area (Å²) in [6, 6.07) is 13.6. The number of carbonyl (C=O) groups excluding carboxylic acids is 1. The summed E-state index contributed by atoms with van der Waals surface area (Å²) in [6.45, 7) is 1.86. The molecule has 110 valence electrons. The second-order valence-electron chi connectivity index (χ2n) is 4.96. The molecule has 0 atom stereocenters. The molecule has 3 rings (SSSR count). The van der Waals surface area contributed by atoms with Gasteiger partial charge in [-0.2, -0.15) is 0 Å². The van der Waals surface area contributed by atoms with Gasteiger partial charge in [-0.05, 0) is 29.8 Å². The van der Waals surface area contributed by atoms with Crippen LogP contribution in [0.3, 0.4) is 0 Å². The van der Waals surface area contributed by atoms with Crippen molar-refractivity contribution in [1.29, 1.82) is 0 Å². The summed E-state index contributed by atoms with van der Waals surface area (Å²) in [7, 11) is 0. The van der Waals surface area contributed by atoms with E-state index in [4.69, 9.17) is 0 Å². The lowest BCUT2D eigenvalue weighted by Crippen LogP contribution is -2.36. The number of aliphatic imine (C=N–C) groups is 1. The molecule has 1 aliphatic rings. The number of hydrogen-bond acceptors (Lipinski definition) is 4. The van der Waals surface area contributed by atoms with E-state index in [-0.39, 0.29) is 11.6 Å². The number of anilines is 1. The monoisotopic (exact) mass is 295 g/mol. The fourth-order valence-corrected chi connectivity index (χ4v) is 2.41. The van der Waals surface area contributed by atoms with Gasteiger partial charge in [0.1, 0.15) is 0 Å². The standard InChI is InChI=1S/C16H13N3O3/c1-11(20)18-10-15(17-14-4-2-3-5-16(14)18)12-6-8-13(9-7-12)19(21)22/h2-9H,10H2,1H3. The Labute approximate surface area is 126 Å². The van der Waals surface area contributed by atoms with Crippen LogP contribution in [0.1, 0.15) is 12.5 Å². The van der Waals surface area contributed by atoms with Crippen molar-refractivity contribution in [3.63, 3.8) is 0 Å². The fraction of sp³-hybridized carbons (Fsp3) is 0.125. The number of fused-ring (bicyclic) bond motifs is 1. The number of benzene rings is 2. The summed E-state index contributed by atoms with van der Waals surface area (Å²) >= 11 is 0. The Hall–Kier alpha value is -3.02. The van der Waals surface area contributed by atoms with Crippen LogP contribution in [0.25, 0.3) is 0 Å². The molecule has 1 heterocycles. The smallest absolute Gasteiger partial charge is 0.269 e. The summed E-state index contributed by atoms with van der Waals surface area (Å²) < 4.78 is 0. The number of nitro groups is 1. The molecule has 0 N–H and O–H groups in total. The van der Waals surface area contributed by atoms with Gasteiger partial charge in [-0.3, -0.25) is 14.9 Å². The van der Waals surface area contributed by atoms with Gasteiger partial charge in [-0.25, -0.2) is 4.99 Å². The van der Waals surface area contributed by atoms with Crippen molar-refractivity contribution in [3.05, 3.63) is 64.2 Å². The fourth-order valence-electron chi connectivity index (χ4n) is 2.41. The maximum Gasteiger partial charge on any atom is 0.269 e. The van der Waals surface area contributed by atoms with Crippen molar-refractivity contribution in [2.45, 2.75) is 6.92 Å². The van der Waals surface area contributed by atoms with Gasteiger partial charge >= 0.3 is 0 Å². The number of para-hydroxylation sites is 2. The Bertz CT molecular complexity index is 781. The van der Waals surface area contributed by atoms with Crippen molar-refractivity contribution < 1.29 is 9.72 Å². The van der Waals surface area contributed by atoms with Crippen molar-refractivity contribution in [2.24, 2.45) is 4.99 Å². The van der Waals surface area contributed by atoms with Gasteiger partial charge in [0.15, 0.2) is 0 Å². The SMILES string of the molecule is CC(=O)N1CC(c2ccc([N+](=O)[O-])cc2)=Nc2ccccc21. The maximum atomic E-state index is 11.9. The molecule has 22 heavy (non-hydrogen) atoms.